The molecule has 2 rings (SSSR count). The van der Waals surface area contributed by atoms with Crippen LogP contribution >= 0.6 is 11.3 Å². The van der Waals surface area contributed by atoms with Gasteiger partial charge in [-0.1, -0.05) is 23.8 Å². The predicted molar refractivity (Wildman–Crippen MR) is 90.9 cm³/mol. The monoisotopic (exact) mass is 332 g/mol. The lowest BCUT2D eigenvalue weighted by Crippen LogP contribution is -2.37. The molecule has 0 saturated heterocycles. The van der Waals surface area contributed by atoms with Crippen molar-refractivity contribution in [1.82, 2.24) is 10.6 Å². The first kappa shape index (κ1) is 17.0. The number of ether oxygens (including phenoxy) is 1. The van der Waals surface area contributed by atoms with Crippen LogP contribution in [0.2, 0.25) is 0 Å². The summed E-state index contributed by atoms with van der Waals surface area (Å²) in [6.45, 7) is 3.81. The Labute approximate surface area is 139 Å². The Balaban J connectivity index is 1.92. The highest BCUT2D eigenvalue weighted by atomic mass is 32.1. The highest BCUT2D eigenvalue weighted by molar-refractivity contribution is 7.12. The number of amides is 2. The predicted octanol–water partition coefficient (Wildman–Crippen LogP) is 2.67. The molecule has 2 aromatic rings. The van der Waals surface area contributed by atoms with E-state index in [-0.39, 0.29) is 24.4 Å². The average molecular weight is 332 g/mol. The van der Waals surface area contributed by atoms with Crippen LogP contribution in [0.4, 0.5) is 0 Å². The lowest BCUT2D eigenvalue weighted by atomic mass is 10.0. The van der Waals surface area contributed by atoms with Gasteiger partial charge in [-0.05, 0) is 31.4 Å². The summed E-state index contributed by atoms with van der Waals surface area (Å²) in [4.78, 5) is 24.4. The van der Waals surface area contributed by atoms with Crippen molar-refractivity contribution in [3.8, 4) is 5.75 Å². The average Bonchev–Trinajstić information content (AvgIpc) is 3.07. The van der Waals surface area contributed by atoms with E-state index in [4.69, 9.17) is 4.74 Å². The van der Waals surface area contributed by atoms with E-state index in [1.54, 1.807) is 19.2 Å². The first-order chi connectivity index (χ1) is 11.0. The molecule has 23 heavy (non-hydrogen) atoms. The van der Waals surface area contributed by atoms with Gasteiger partial charge in [0.15, 0.2) is 0 Å². The molecule has 122 valence electrons. The Bertz CT molecular complexity index is 683. The summed E-state index contributed by atoms with van der Waals surface area (Å²) in [5, 5.41) is 7.30. The van der Waals surface area contributed by atoms with Gasteiger partial charge in [0.1, 0.15) is 5.75 Å². The number of thiophene rings is 1. The minimum Gasteiger partial charge on any atom is -0.496 e. The van der Waals surface area contributed by atoms with Gasteiger partial charge >= 0.3 is 0 Å². The molecule has 0 aliphatic heterocycles. The van der Waals surface area contributed by atoms with Gasteiger partial charge in [-0.15, -0.1) is 11.3 Å². The number of aryl methyl sites for hydroxylation is 1. The molecule has 0 radical (unpaired) electrons. The van der Waals surface area contributed by atoms with Gasteiger partial charge < -0.3 is 15.4 Å². The standard InChI is InChI=1S/C17H20N2O3S/c1-11-6-7-14(22-3)13(9-11)12(2)19-16(20)10-18-17(21)15-5-4-8-23-15/h4-9,12H,10H2,1-3H3,(H,18,21)(H,19,20)/t12-/m1/s1. The van der Waals surface area contributed by atoms with E-state index >= 15 is 0 Å². The summed E-state index contributed by atoms with van der Waals surface area (Å²) in [6, 6.07) is 9.12. The molecule has 1 aromatic carbocycles. The summed E-state index contributed by atoms with van der Waals surface area (Å²) in [6.07, 6.45) is 0. The second-order valence-electron chi connectivity index (χ2n) is 5.19. The normalized spacial score (nSPS) is 11.6. The molecule has 0 aliphatic rings. The first-order valence-corrected chi connectivity index (χ1v) is 8.15. The molecule has 0 aliphatic carbocycles. The van der Waals surface area contributed by atoms with Crippen molar-refractivity contribution >= 4 is 23.2 Å². The fraction of sp³-hybridized carbons (Fsp3) is 0.294. The van der Waals surface area contributed by atoms with Crippen LogP contribution in [0.15, 0.2) is 35.7 Å². The number of nitrogens with one attached hydrogen (secondary N) is 2. The molecule has 1 atom stereocenters. The molecule has 0 bridgehead atoms. The highest BCUT2D eigenvalue weighted by Gasteiger charge is 2.15. The van der Waals surface area contributed by atoms with Crippen molar-refractivity contribution < 1.29 is 14.3 Å². The molecule has 0 saturated carbocycles. The van der Waals surface area contributed by atoms with Crippen LogP contribution in [0.5, 0.6) is 5.75 Å². The summed E-state index contributed by atoms with van der Waals surface area (Å²) in [5.74, 6) is 0.243. The van der Waals surface area contributed by atoms with Crippen molar-refractivity contribution in [2.75, 3.05) is 13.7 Å². The SMILES string of the molecule is COc1ccc(C)cc1[C@@H](C)NC(=O)CNC(=O)c1cccs1. The summed E-state index contributed by atoms with van der Waals surface area (Å²) >= 11 is 1.34. The largest absolute Gasteiger partial charge is 0.496 e. The summed E-state index contributed by atoms with van der Waals surface area (Å²) in [5.41, 5.74) is 2.00. The zero-order chi connectivity index (χ0) is 16.8. The zero-order valence-corrected chi connectivity index (χ0v) is 14.2. The molecule has 2 N–H and O–H groups in total. The van der Waals surface area contributed by atoms with Crippen molar-refractivity contribution in [1.29, 1.82) is 0 Å². The van der Waals surface area contributed by atoms with Crippen LogP contribution in [0, 0.1) is 6.92 Å². The van der Waals surface area contributed by atoms with Crippen LogP contribution in [0.1, 0.15) is 33.8 Å². The summed E-state index contributed by atoms with van der Waals surface area (Å²) in [7, 11) is 1.60. The molecule has 0 fully saturated rings. The fourth-order valence-electron chi connectivity index (χ4n) is 2.22. The third-order valence-corrected chi connectivity index (χ3v) is 4.25. The fourth-order valence-corrected chi connectivity index (χ4v) is 2.86. The number of rotatable bonds is 6. The van der Waals surface area contributed by atoms with Gasteiger partial charge in [-0.25, -0.2) is 0 Å². The Hall–Kier alpha value is -2.34. The van der Waals surface area contributed by atoms with Crippen molar-refractivity contribution in [3.05, 3.63) is 51.7 Å². The summed E-state index contributed by atoms with van der Waals surface area (Å²) < 4.78 is 5.33. The molecule has 2 amide bonds. The topological polar surface area (TPSA) is 67.4 Å². The third-order valence-electron chi connectivity index (χ3n) is 3.38. The van der Waals surface area contributed by atoms with Crippen molar-refractivity contribution in [2.45, 2.75) is 19.9 Å². The quantitative estimate of drug-likeness (QED) is 0.854. The Morgan fingerprint density at radius 3 is 2.74 bits per heavy atom. The number of hydrogen-bond acceptors (Lipinski definition) is 4. The van der Waals surface area contributed by atoms with Crippen LogP contribution in [0.3, 0.4) is 0 Å². The van der Waals surface area contributed by atoms with Crippen LogP contribution in [0.25, 0.3) is 0 Å². The second-order valence-corrected chi connectivity index (χ2v) is 6.14. The molecular formula is C17H20N2O3S. The molecular weight excluding hydrogens is 312 g/mol. The molecule has 0 spiro atoms. The van der Waals surface area contributed by atoms with Gasteiger partial charge in [-0.3, -0.25) is 9.59 Å². The number of hydrogen-bond donors (Lipinski definition) is 2. The van der Waals surface area contributed by atoms with Gasteiger partial charge in [0.25, 0.3) is 5.91 Å². The molecule has 6 heteroatoms. The van der Waals surface area contributed by atoms with Gasteiger partial charge in [-0.2, -0.15) is 0 Å². The van der Waals surface area contributed by atoms with Crippen molar-refractivity contribution in [2.24, 2.45) is 0 Å². The van der Waals surface area contributed by atoms with Crippen LogP contribution in [-0.2, 0) is 4.79 Å². The van der Waals surface area contributed by atoms with E-state index in [0.717, 1.165) is 16.9 Å². The Morgan fingerprint density at radius 2 is 2.09 bits per heavy atom. The lowest BCUT2D eigenvalue weighted by Gasteiger charge is -2.18. The molecule has 1 heterocycles. The maximum Gasteiger partial charge on any atom is 0.261 e. The minimum absolute atomic E-state index is 0.0603. The Kier molecular flexibility index (Phi) is 5.76. The maximum absolute atomic E-state index is 12.0. The number of methoxy groups -OCH3 is 1. The highest BCUT2D eigenvalue weighted by Crippen LogP contribution is 2.25. The lowest BCUT2D eigenvalue weighted by molar-refractivity contribution is -0.120. The van der Waals surface area contributed by atoms with Crippen LogP contribution in [-0.4, -0.2) is 25.5 Å². The zero-order valence-electron chi connectivity index (χ0n) is 13.4. The third kappa shape index (κ3) is 4.56. The first-order valence-electron chi connectivity index (χ1n) is 7.27. The molecule has 5 nitrogen and oxygen atoms in total. The molecule has 0 unspecified atom stereocenters. The van der Waals surface area contributed by atoms with E-state index in [1.807, 2.05) is 37.4 Å². The number of carbonyl (C=O) groups is 2. The van der Waals surface area contributed by atoms with Crippen LogP contribution < -0.4 is 15.4 Å². The van der Waals surface area contributed by atoms with E-state index in [9.17, 15) is 9.59 Å². The van der Waals surface area contributed by atoms with E-state index in [2.05, 4.69) is 10.6 Å². The van der Waals surface area contributed by atoms with E-state index < -0.39 is 0 Å². The van der Waals surface area contributed by atoms with E-state index in [0.29, 0.717) is 4.88 Å². The minimum atomic E-state index is -0.244. The number of benzene rings is 1. The van der Waals surface area contributed by atoms with Gasteiger partial charge in [0, 0.05) is 5.56 Å². The number of carbonyl (C=O) groups excluding carboxylic acids is 2. The second kappa shape index (κ2) is 7.78. The molecule has 1 aromatic heterocycles. The van der Waals surface area contributed by atoms with Gasteiger partial charge in [0.2, 0.25) is 5.91 Å². The van der Waals surface area contributed by atoms with Gasteiger partial charge in [0.05, 0.1) is 24.6 Å². The Morgan fingerprint density at radius 1 is 1.30 bits per heavy atom. The van der Waals surface area contributed by atoms with Crippen molar-refractivity contribution in [3.63, 3.8) is 0 Å². The maximum atomic E-state index is 12.0. The smallest absolute Gasteiger partial charge is 0.261 e. The van der Waals surface area contributed by atoms with E-state index in [1.165, 1.54) is 11.3 Å².